The normalized spacial score (nSPS) is 12.4. The van der Waals surface area contributed by atoms with Gasteiger partial charge in [-0.15, -0.1) is 0 Å². The average Bonchev–Trinajstić information content (AvgIpc) is 2.97. The molecule has 7 heteroatoms. The van der Waals surface area contributed by atoms with E-state index in [4.69, 9.17) is 0 Å². The van der Waals surface area contributed by atoms with Crippen LogP contribution in [-0.4, -0.2) is 14.7 Å². The van der Waals surface area contributed by atoms with Crippen molar-refractivity contribution >= 4 is 22.8 Å². The van der Waals surface area contributed by atoms with Crippen molar-refractivity contribution in [2.24, 2.45) is 7.05 Å². The molecule has 0 saturated heterocycles. The van der Waals surface area contributed by atoms with E-state index < -0.39 is 0 Å². The first-order valence-electron chi connectivity index (χ1n) is 6.03. The SMILES string of the molecule is CCc1nn(C)c(NC(C)c2ccsc2)c1[N+](=O)[O-]. The first-order valence-corrected chi connectivity index (χ1v) is 6.97. The van der Waals surface area contributed by atoms with Crippen molar-refractivity contribution < 1.29 is 4.92 Å². The lowest BCUT2D eigenvalue weighted by Gasteiger charge is -2.13. The number of anilines is 1. The van der Waals surface area contributed by atoms with Crippen molar-refractivity contribution in [2.45, 2.75) is 26.3 Å². The molecule has 0 aromatic carbocycles. The summed E-state index contributed by atoms with van der Waals surface area (Å²) in [6.45, 7) is 3.84. The molecule has 2 rings (SSSR count). The summed E-state index contributed by atoms with van der Waals surface area (Å²) in [5.41, 5.74) is 1.69. The number of hydrogen-bond donors (Lipinski definition) is 1. The van der Waals surface area contributed by atoms with Crippen LogP contribution < -0.4 is 5.32 Å². The molecule has 2 heterocycles. The Morgan fingerprint density at radius 3 is 2.89 bits per heavy atom. The highest BCUT2D eigenvalue weighted by Gasteiger charge is 2.26. The third kappa shape index (κ3) is 2.60. The highest BCUT2D eigenvalue weighted by atomic mass is 32.1. The van der Waals surface area contributed by atoms with E-state index in [2.05, 4.69) is 10.4 Å². The fourth-order valence-corrected chi connectivity index (χ4v) is 2.72. The molecule has 0 aliphatic heterocycles. The Hall–Kier alpha value is -1.89. The summed E-state index contributed by atoms with van der Waals surface area (Å²) in [4.78, 5) is 10.8. The fourth-order valence-electron chi connectivity index (χ4n) is 1.97. The van der Waals surface area contributed by atoms with Gasteiger partial charge in [0.05, 0.1) is 11.0 Å². The molecule has 0 bridgehead atoms. The van der Waals surface area contributed by atoms with Crippen LogP contribution in [0.25, 0.3) is 0 Å². The van der Waals surface area contributed by atoms with Crippen molar-refractivity contribution in [3.8, 4) is 0 Å². The summed E-state index contributed by atoms with van der Waals surface area (Å²) in [5, 5.41) is 22.6. The van der Waals surface area contributed by atoms with Gasteiger partial charge in [-0.1, -0.05) is 6.92 Å². The van der Waals surface area contributed by atoms with Crippen LogP contribution in [0.15, 0.2) is 16.8 Å². The molecule has 0 fully saturated rings. The topological polar surface area (TPSA) is 73.0 Å². The van der Waals surface area contributed by atoms with Gasteiger partial charge in [-0.25, -0.2) is 4.68 Å². The number of nitrogens with zero attached hydrogens (tertiary/aromatic N) is 3. The van der Waals surface area contributed by atoms with Gasteiger partial charge < -0.3 is 5.32 Å². The number of hydrogen-bond acceptors (Lipinski definition) is 5. The average molecular weight is 280 g/mol. The quantitative estimate of drug-likeness (QED) is 0.674. The molecular formula is C12H16N4O2S. The summed E-state index contributed by atoms with van der Waals surface area (Å²) in [6, 6.07) is 2.01. The van der Waals surface area contributed by atoms with E-state index in [0.29, 0.717) is 17.9 Å². The third-order valence-electron chi connectivity index (χ3n) is 3.01. The van der Waals surface area contributed by atoms with Crippen LogP contribution in [0.1, 0.15) is 31.1 Å². The molecule has 0 aliphatic carbocycles. The standard InChI is InChI=1S/C12H16N4O2S/c1-4-10-11(16(17)18)12(15(3)14-10)13-8(2)9-5-6-19-7-9/h5-8,13H,4H2,1-3H3. The van der Waals surface area contributed by atoms with Gasteiger partial charge in [0.15, 0.2) is 0 Å². The zero-order valence-corrected chi connectivity index (χ0v) is 11.9. The Morgan fingerprint density at radius 2 is 2.37 bits per heavy atom. The zero-order chi connectivity index (χ0) is 14.0. The minimum absolute atomic E-state index is 0.00468. The number of nitro groups is 1. The van der Waals surface area contributed by atoms with Crippen LogP contribution in [0.2, 0.25) is 0 Å². The summed E-state index contributed by atoms with van der Waals surface area (Å²) in [5.74, 6) is 0.459. The maximum absolute atomic E-state index is 11.2. The fraction of sp³-hybridized carbons (Fsp3) is 0.417. The second kappa shape index (κ2) is 5.40. The van der Waals surface area contributed by atoms with Gasteiger partial charge in [-0.05, 0) is 35.7 Å². The number of thiophene rings is 1. The molecule has 0 amide bonds. The van der Waals surface area contributed by atoms with E-state index in [-0.39, 0.29) is 16.7 Å². The van der Waals surface area contributed by atoms with E-state index in [1.54, 1.807) is 23.1 Å². The maximum Gasteiger partial charge on any atom is 0.333 e. The van der Waals surface area contributed by atoms with E-state index in [1.165, 1.54) is 0 Å². The maximum atomic E-state index is 11.2. The molecule has 6 nitrogen and oxygen atoms in total. The lowest BCUT2D eigenvalue weighted by molar-refractivity contribution is -0.384. The van der Waals surface area contributed by atoms with E-state index in [9.17, 15) is 10.1 Å². The minimum Gasteiger partial charge on any atom is -0.358 e. The van der Waals surface area contributed by atoms with Gasteiger partial charge in [0, 0.05) is 7.05 Å². The smallest absolute Gasteiger partial charge is 0.333 e. The van der Waals surface area contributed by atoms with Crippen molar-refractivity contribution in [1.29, 1.82) is 0 Å². The van der Waals surface area contributed by atoms with E-state index in [0.717, 1.165) is 5.56 Å². The summed E-state index contributed by atoms with van der Waals surface area (Å²) >= 11 is 1.61. The lowest BCUT2D eigenvalue weighted by atomic mass is 10.2. The number of rotatable bonds is 5. The summed E-state index contributed by atoms with van der Waals surface area (Å²) in [6.07, 6.45) is 0.540. The Bertz CT molecular complexity index is 577. The number of aromatic nitrogens is 2. The van der Waals surface area contributed by atoms with Crippen molar-refractivity contribution in [3.63, 3.8) is 0 Å². The predicted octanol–water partition coefficient (Wildman–Crippen LogP) is 3.13. The second-order valence-electron chi connectivity index (χ2n) is 4.30. The van der Waals surface area contributed by atoms with E-state index in [1.807, 2.05) is 30.7 Å². The Labute approximate surface area is 115 Å². The number of nitrogens with one attached hydrogen (secondary N) is 1. The van der Waals surface area contributed by atoms with Gasteiger partial charge in [-0.2, -0.15) is 16.4 Å². The highest BCUT2D eigenvalue weighted by molar-refractivity contribution is 7.07. The predicted molar refractivity (Wildman–Crippen MR) is 75.6 cm³/mol. The minimum atomic E-state index is -0.367. The first-order chi connectivity index (χ1) is 9.04. The third-order valence-corrected chi connectivity index (χ3v) is 3.71. The van der Waals surface area contributed by atoms with Crippen LogP contribution in [0.3, 0.4) is 0 Å². The van der Waals surface area contributed by atoms with Crippen molar-refractivity contribution in [3.05, 3.63) is 38.2 Å². The molecular weight excluding hydrogens is 264 g/mol. The molecule has 1 unspecified atom stereocenters. The van der Waals surface area contributed by atoms with Crippen molar-refractivity contribution in [1.82, 2.24) is 9.78 Å². The molecule has 0 aliphatic rings. The lowest BCUT2D eigenvalue weighted by Crippen LogP contribution is -2.10. The van der Waals surface area contributed by atoms with E-state index >= 15 is 0 Å². The largest absolute Gasteiger partial charge is 0.358 e. The van der Waals surface area contributed by atoms with Crippen molar-refractivity contribution in [2.75, 3.05) is 5.32 Å². The number of aryl methyl sites for hydroxylation is 2. The monoisotopic (exact) mass is 280 g/mol. The summed E-state index contributed by atoms with van der Waals surface area (Å²) in [7, 11) is 1.72. The molecule has 0 radical (unpaired) electrons. The molecule has 2 aromatic rings. The Kier molecular flexibility index (Phi) is 3.84. The van der Waals surface area contributed by atoms with Gasteiger partial charge in [0.2, 0.25) is 5.82 Å². The van der Waals surface area contributed by atoms with Crippen LogP contribution in [0.4, 0.5) is 11.5 Å². The zero-order valence-electron chi connectivity index (χ0n) is 11.1. The molecule has 102 valence electrons. The van der Waals surface area contributed by atoms with Crippen LogP contribution >= 0.6 is 11.3 Å². The van der Waals surface area contributed by atoms with Gasteiger partial charge >= 0.3 is 5.69 Å². The summed E-state index contributed by atoms with van der Waals surface area (Å²) < 4.78 is 1.54. The van der Waals surface area contributed by atoms with Crippen LogP contribution in [0.5, 0.6) is 0 Å². The molecule has 0 saturated carbocycles. The Morgan fingerprint density at radius 1 is 1.63 bits per heavy atom. The van der Waals surface area contributed by atoms with Gasteiger partial charge in [0.1, 0.15) is 5.69 Å². The molecule has 1 N–H and O–H groups in total. The molecule has 1 atom stereocenters. The van der Waals surface area contributed by atoms with Gasteiger partial charge in [-0.3, -0.25) is 10.1 Å². The highest BCUT2D eigenvalue weighted by Crippen LogP contribution is 2.31. The molecule has 19 heavy (non-hydrogen) atoms. The van der Waals surface area contributed by atoms with Gasteiger partial charge in [0.25, 0.3) is 0 Å². The molecule has 2 aromatic heterocycles. The molecule has 0 spiro atoms. The Balaban J connectivity index is 2.34. The van der Waals surface area contributed by atoms with Crippen LogP contribution in [0, 0.1) is 10.1 Å². The second-order valence-corrected chi connectivity index (χ2v) is 5.08. The first kappa shape index (κ1) is 13.5. The van der Waals surface area contributed by atoms with Crippen LogP contribution in [-0.2, 0) is 13.5 Å².